The van der Waals surface area contributed by atoms with Gasteiger partial charge in [-0.1, -0.05) is 0 Å². The van der Waals surface area contributed by atoms with Gasteiger partial charge in [0.15, 0.2) is 0 Å². The van der Waals surface area contributed by atoms with E-state index in [0.717, 1.165) is 23.4 Å². The molecule has 3 heteroatoms. The van der Waals surface area contributed by atoms with Gasteiger partial charge in [0.05, 0.1) is 0 Å². The number of nitrogens with two attached hydrogens (primary N) is 1. The van der Waals surface area contributed by atoms with E-state index >= 15 is 0 Å². The van der Waals surface area contributed by atoms with Gasteiger partial charge >= 0.3 is 0 Å². The van der Waals surface area contributed by atoms with E-state index in [-0.39, 0.29) is 0 Å². The predicted octanol–water partition coefficient (Wildman–Crippen LogP) is 4.03. The summed E-state index contributed by atoms with van der Waals surface area (Å²) >= 11 is 2.15. The Hall–Kier alpha value is -0.670. The number of nitrogens with one attached hydrogen (secondary N) is 1. The summed E-state index contributed by atoms with van der Waals surface area (Å²) < 4.78 is 0.562. The average Bonchev–Trinajstić information content (AvgIpc) is 2.37. The summed E-state index contributed by atoms with van der Waals surface area (Å²) in [6, 6.07) is 8.61. The summed E-state index contributed by atoms with van der Waals surface area (Å²) in [5.41, 5.74) is 3.70. The average molecular weight is 274 g/mol. The van der Waals surface area contributed by atoms with Gasteiger partial charge in [-0.15, -0.1) is 11.8 Å². The molecule has 102 valence electrons. The molecule has 4 fully saturated rings. The molecule has 0 atom stereocenters. The van der Waals surface area contributed by atoms with Crippen LogP contribution in [0.25, 0.3) is 0 Å². The van der Waals surface area contributed by atoms with Crippen molar-refractivity contribution in [2.75, 3.05) is 5.43 Å². The molecule has 4 aliphatic rings. The molecule has 1 aromatic rings. The Balaban J connectivity index is 1.55. The number of nitrogen functional groups attached to an aromatic ring is 1. The molecule has 0 amide bonds. The van der Waals surface area contributed by atoms with E-state index in [1.165, 1.54) is 43.4 Å². The van der Waals surface area contributed by atoms with Gasteiger partial charge in [0.2, 0.25) is 0 Å². The van der Waals surface area contributed by atoms with E-state index in [4.69, 9.17) is 5.84 Å². The van der Waals surface area contributed by atoms with Crippen LogP contribution in [-0.2, 0) is 0 Å². The maximum absolute atomic E-state index is 5.43. The van der Waals surface area contributed by atoms with Crippen LogP contribution in [0, 0.1) is 17.8 Å². The predicted molar refractivity (Wildman–Crippen MR) is 81.0 cm³/mol. The number of hydrogen-bond acceptors (Lipinski definition) is 3. The summed E-state index contributed by atoms with van der Waals surface area (Å²) in [6.07, 6.45) is 8.95. The van der Waals surface area contributed by atoms with Crippen LogP contribution < -0.4 is 11.3 Å². The van der Waals surface area contributed by atoms with E-state index in [1.54, 1.807) is 0 Å². The van der Waals surface area contributed by atoms with Crippen molar-refractivity contribution in [3.63, 3.8) is 0 Å². The molecule has 4 bridgehead atoms. The lowest BCUT2D eigenvalue weighted by atomic mass is 9.56. The highest BCUT2D eigenvalue weighted by Gasteiger charge is 2.51. The first-order chi connectivity index (χ1) is 9.25. The topological polar surface area (TPSA) is 38.0 Å². The Morgan fingerprint density at radius 2 is 1.47 bits per heavy atom. The minimum atomic E-state index is 0.562. The monoisotopic (exact) mass is 274 g/mol. The molecule has 4 saturated carbocycles. The summed E-state index contributed by atoms with van der Waals surface area (Å²) in [4.78, 5) is 1.42. The van der Waals surface area contributed by atoms with Gasteiger partial charge in [-0.05, 0) is 80.5 Å². The maximum Gasteiger partial charge on any atom is 0.0485 e. The van der Waals surface area contributed by atoms with Crippen molar-refractivity contribution < 1.29 is 0 Å². The number of rotatable bonds is 3. The van der Waals surface area contributed by atoms with Crippen LogP contribution in [0.1, 0.15) is 38.5 Å². The highest BCUT2D eigenvalue weighted by atomic mass is 32.2. The van der Waals surface area contributed by atoms with Crippen molar-refractivity contribution in [3.05, 3.63) is 24.3 Å². The Morgan fingerprint density at radius 3 is 1.95 bits per heavy atom. The molecular formula is C16H22N2S. The van der Waals surface area contributed by atoms with Gasteiger partial charge in [0.25, 0.3) is 0 Å². The molecule has 1 aromatic carbocycles. The van der Waals surface area contributed by atoms with E-state index < -0.39 is 0 Å². The SMILES string of the molecule is NNc1ccc(SC23CC4CC(CC(C4)C2)C3)cc1. The number of benzene rings is 1. The minimum absolute atomic E-state index is 0.562. The zero-order chi connectivity index (χ0) is 12.9. The molecule has 2 nitrogen and oxygen atoms in total. The molecule has 4 aliphatic carbocycles. The lowest BCUT2D eigenvalue weighted by Gasteiger charge is -2.56. The normalized spacial score (nSPS) is 39.5. The maximum atomic E-state index is 5.43. The first-order valence-electron chi connectivity index (χ1n) is 7.50. The van der Waals surface area contributed by atoms with Crippen LogP contribution in [-0.4, -0.2) is 4.75 Å². The second kappa shape index (κ2) is 4.42. The van der Waals surface area contributed by atoms with E-state index in [0.29, 0.717) is 4.75 Å². The van der Waals surface area contributed by atoms with Gasteiger partial charge in [0.1, 0.15) is 0 Å². The summed E-state index contributed by atoms with van der Waals surface area (Å²) in [5, 5.41) is 0. The van der Waals surface area contributed by atoms with Crippen molar-refractivity contribution in [2.45, 2.75) is 48.2 Å². The Kier molecular flexibility index (Phi) is 2.82. The molecular weight excluding hydrogens is 252 g/mol. The molecule has 19 heavy (non-hydrogen) atoms. The van der Waals surface area contributed by atoms with Crippen molar-refractivity contribution in [1.82, 2.24) is 0 Å². The molecule has 0 aliphatic heterocycles. The Labute approximate surface area is 119 Å². The fourth-order valence-electron chi connectivity index (χ4n) is 5.03. The van der Waals surface area contributed by atoms with Crippen LogP contribution in [0.2, 0.25) is 0 Å². The Bertz CT molecular complexity index is 433. The zero-order valence-corrected chi connectivity index (χ0v) is 12.1. The summed E-state index contributed by atoms with van der Waals surface area (Å²) in [7, 11) is 0. The van der Waals surface area contributed by atoms with Crippen LogP contribution in [0.3, 0.4) is 0 Å². The zero-order valence-electron chi connectivity index (χ0n) is 11.3. The second-order valence-electron chi connectivity index (χ2n) is 6.87. The van der Waals surface area contributed by atoms with Crippen molar-refractivity contribution in [3.8, 4) is 0 Å². The molecule has 0 radical (unpaired) electrons. The smallest absolute Gasteiger partial charge is 0.0485 e. The highest BCUT2D eigenvalue weighted by Crippen LogP contribution is 2.61. The summed E-state index contributed by atoms with van der Waals surface area (Å²) in [5.74, 6) is 8.52. The number of anilines is 1. The molecule has 0 heterocycles. The largest absolute Gasteiger partial charge is 0.324 e. The third-order valence-corrected chi connectivity index (χ3v) is 6.78. The van der Waals surface area contributed by atoms with Crippen LogP contribution in [0.15, 0.2) is 29.2 Å². The molecule has 0 saturated heterocycles. The van der Waals surface area contributed by atoms with Gasteiger partial charge in [0, 0.05) is 15.3 Å². The van der Waals surface area contributed by atoms with E-state index in [1.807, 2.05) is 0 Å². The second-order valence-corrected chi connectivity index (χ2v) is 8.41. The number of thioether (sulfide) groups is 1. The standard InChI is InChI=1S/C16H22N2S/c17-18-14-1-3-15(4-2-14)19-16-8-11-5-12(9-16)7-13(6-11)10-16/h1-4,11-13,18H,5-10,17H2. The molecule has 0 aromatic heterocycles. The van der Waals surface area contributed by atoms with Crippen molar-refractivity contribution in [1.29, 1.82) is 0 Å². The van der Waals surface area contributed by atoms with Crippen LogP contribution in [0.4, 0.5) is 5.69 Å². The van der Waals surface area contributed by atoms with Gasteiger partial charge in [-0.2, -0.15) is 0 Å². The van der Waals surface area contributed by atoms with Crippen molar-refractivity contribution in [2.24, 2.45) is 23.6 Å². The first kappa shape index (κ1) is 12.1. The molecule has 0 unspecified atom stereocenters. The van der Waals surface area contributed by atoms with Crippen LogP contribution in [0.5, 0.6) is 0 Å². The number of hydrazine groups is 1. The van der Waals surface area contributed by atoms with Crippen LogP contribution >= 0.6 is 11.8 Å². The van der Waals surface area contributed by atoms with Gasteiger partial charge in [-0.3, -0.25) is 5.84 Å². The lowest BCUT2D eigenvalue weighted by molar-refractivity contribution is 0.0383. The fourth-order valence-corrected chi connectivity index (χ4v) is 6.75. The molecule has 5 rings (SSSR count). The first-order valence-corrected chi connectivity index (χ1v) is 8.32. The number of hydrogen-bond donors (Lipinski definition) is 2. The quantitative estimate of drug-likeness (QED) is 0.645. The van der Waals surface area contributed by atoms with E-state index in [9.17, 15) is 0 Å². The van der Waals surface area contributed by atoms with E-state index in [2.05, 4.69) is 41.5 Å². The third kappa shape index (κ3) is 2.17. The van der Waals surface area contributed by atoms with Crippen molar-refractivity contribution >= 4 is 17.4 Å². The molecule has 0 spiro atoms. The lowest BCUT2D eigenvalue weighted by Crippen LogP contribution is -2.48. The van der Waals surface area contributed by atoms with Gasteiger partial charge in [-0.25, -0.2) is 0 Å². The third-order valence-electron chi connectivity index (χ3n) is 5.34. The fraction of sp³-hybridized carbons (Fsp3) is 0.625. The highest BCUT2D eigenvalue weighted by molar-refractivity contribution is 8.00. The summed E-state index contributed by atoms with van der Waals surface area (Å²) in [6.45, 7) is 0. The molecule has 3 N–H and O–H groups in total. The Morgan fingerprint density at radius 1 is 0.947 bits per heavy atom. The van der Waals surface area contributed by atoms with Gasteiger partial charge < -0.3 is 5.43 Å². The minimum Gasteiger partial charge on any atom is -0.324 e.